The van der Waals surface area contributed by atoms with Crippen molar-refractivity contribution in [2.45, 2.75) is 44.9 Å². The maximum atomic E-state index is 10.4. The summed E-state index contributed by atoms with van der Waals surface area (Å²) < 4.78 is 0.956. The molecule has 0 aromatic carbocycles. The first-order valence-electron chi connectivity index (χ1n) is 6.16. The zero-order valence-corrected chi connectivity index (χ0v) is 12.5. The van der Waals surface area contributed by atoms with Gasteiger partial charge in [-0.25, -0.2) is 0 Å². The smallest absolute Gasteiger partial charge is 0.303 e. The van der Waals surface area contributed by atoms with Crippen molar-refractivity contribution in [1.82, 2.24) is 0 Å². The summed E-state index contributed by atoms with van der Waals surface area (Å²) in [5, 5.41) is 8.59. The monoisotopic (exact) mass is 246 g/mol. The molecule has 0 saturated heterocycles. The Hall–Kier alpha value is -0.353. The Labute approximate surface area is 101 Å². The molecule has 0 rings (SSSR count). The number of carboxylic acids is 1. The molecule has 0 spiro atoms. The van der Waals surface area contributed by atoms with Crippen molar-refractivity contribution in [3.05, 3.63) is 0 Å². The number of hydrogen-bond donors (Lipinski definition) is 1. The lowest BCUT2D eigenvalue weighted by atomic mass is 10.2. The third-order valence-electron chi connectivity index (χ3n) is 2.84. The summed E-state index contributed by atoms with van der Waals surface area (Å²) in [5.74, 6) is -0.679. The van der Waals surface area contributed by atoms with Crippen molar-refractivity contribution in [1.29, 1.82) is 0 Å². The number of carbonyl (C=O) groups is 1. The van der Waals surface area contributed by atoms with Gasteiger partial charge in [0.2, 0.25) is 0 Å². The average Bonchev–Trinajstić information content (AvgIpc) is 1.99. The fourth-order valence-electron chi connectivity index (χ4n) is 1.81. The molecular formula is C12H28NO2Si+. The van der Waals surface area contributed by atoms with Gasteiger partial charge in [-0.05, 0) is 6.42 Å². The molecular weight excluding hydrogens is 218 g/mol. The lowest BCUT2D eigenvalue weighted by Gasteiger charge is -2.30. The zero-order chi connectivity index (χ0) is 12.8. The molecule has 0 aromatic rings. The van der Waals surface area contributed by atoms with E-state index in [0.29, 0.717) is 6.42 Å². The molecule has 0 bridgehead atoms. The van der Waals surface area contributed by atoms with Gasteiger partial charge in [-0.1, -0.05) is 25.7 Å². The molecule has 0 atom stereocenters. The number of quaternary nitrogens is 1. The molecule has 0 saturated carbocycles. The predicted molar refractivity (Wildman–Crippen MR) is 71.5 cm³/mol. The molecule has 0 aliphatic rings. The van der Waals surface area contributed by atoms with Crippen molar-refractivity contribution >= 4 is 14.0 Å². The van der Waals surface area contributed by atoms with Gasteiger partial charge < -0.3 is 9.59 Å². The number of nitrogens with zero attached hydrogens (tertiary/aromatic N) is 1. The number of rotatable bonds is 8. The van der Waals surface area contributed by atoms with E-state index in [4.69, 9.17) is 5.11 Å². The van der Waals surface area contributed by atoms with Crippen molar-refractivity contribution < 1.29 is 14.4 Å². The van der Waals surface area contributed by atoms with E-state index in [0.717, 1.165) is 17.4 Å². The van der Waals surface area contributed by atoms with Crippen LogP contribution < -0.4 is 0 Å². The van der Waals surface area contributed by atoms with E-state index in [2.05, 4.69) is 33.7 Å². The standard InChI is InChI=1S/C12H27NO2Si/c1-13(2,9-6-8-12(14)15)10-7-11-16(3,4)5/h6-11H2,1-5H3/p+1. The van der Waals surface area contributed by atoms with Crippen LogP contribution in [0.3, 0.4) is 0 Å². The fourth-order valence-corrected chi connectivity index (χ4v) is 3.03. The molecule has 0 aromatic heterocycles. The summed E-state index contributed by atoms with van der Waals surface area (Å²) in [6, 6.07) is 1.37. The van der Waals surface area contributed by atoms with Gasteiger partial charge in [0.1, 0.15) is 0 Å². The van der Waals surface area contributed by atoms with Gasteiger partial charge >= 0.3 is 5.97 Å². The van der Waals surface area contributed by atoms with Gasteiger partial charge in [0.15, 0.2) is 0 Å². The number of carboxylic acid groups (broad SMARTS) is 1. The molecule has 1 N–H and O–H groups in total. The first kappa shape index (κ1) is 15.6. The first-order valence-corrected chi connectivity index (χ1v) is 9.87. The van der Waals surface area contributed by atoms with Crippen LogP contribution in [0.15, 0.2) is 0 Å². The van der Waals surface area contributed by atoms with Crippen LogP contribution in [0, 0.1) is 0 Å². The third-order valence-corrected chi connectivity index (χ3v) is 4.70. The summed E-state index contributed by atoms with van der Waals surface area (Å²) in [6.07, 6.45) is 2.36. The lowest BCUT2D eigenvalue weighted by molar-refractivity contribution is -0.890. The largest absolute Gasteiger partial charge is 0.481 e. The highest BCUT2D eigenvalue weighted by Gasteiger charge is 2.18. The second kappa shape index (κ2) is 6.40. The average molecular weight is 246 g/mol. The summed E-state index contributed by atoms with van der Waals surface area (Å²) in [4.78, 5) is 10.4. The Kier molecular flexibility index (Phi) is 6.26. The van der Waals surface area contributed by atoms with Crippen LogP contribution in [0.1, 0.15) is 19.3 Å². The van der Waals surface area contributed by atoms with Crippen molar-refractivity contribution in [3.8, 4) is 0 Å². The molecule has 0 unspecified atom stereocenters. The topological polar surface area (TPSA) is 37.3 Å². The zero-order valence-electron chi connectivity index (χ0n) is 11.5. The summed E-state index contributed by atoms with van der Waals surface area (Å²) in [5.41, 5.74) is 0. The normalized spacial score (nSPS) is 12.8. The van der Waals surface area contributed by atoms with E-state index in [-0.39, 0.29) is 0 Å². The van der Waals surface area contributed by atoms with Gasteiger partial charge in [-0.15, -0.1) is 0 Å². The van der Waals surface area contributed by atoms with Crippen LogP contribution >= 0.6 is 0 Å². The number of hydrogen-bond acceptors (Lipinski definition) is 1. The second-order valence-corrected chi connectivity index (χ2v) is 12.2. The van der Waals surface area contributed by atoms with E-state index in [1.165, 1.54) is 19.0 Å². The maximum Gasteiger partial charge on any atom is 0.303 e. The Balaban J connectivity index is 3.74. The predicted octanol–water partition coefficient (Wildman–Crippen LogP) is 2.66. The van der Waals surface area contributed by atoms with Crippen LogP contribution in [0.2, 0.25) is 25.7 Å². The second-order valence-electron chi connectivity index (χ2n) is 6.54. The van der Waals surface area contributed by atoms with Gasteiger partial charge in [-0.3, -0.25) is 4.79 Å². The molecule has 3 nitrogen and oxygen atoms in total. The maximum absolute atomic E-state index is 10.4. The van der Waals surface area contributed by atoms with Gasteiger partial charge in [0.05, 0.1) is 33.6 Å². The highest BCUT2D eigenvalue weighted by molar-refractivity contribution is 6.76. The van der Waals surface area contributed by atoms with Crippen LogP contribution in [0.25, 0.3) is 0 Å². The minimum absolute atomic E-state index is 0.301. The van der Waals surface area contributed by atoms with Crippen molar-refractivity contribution in [3.63, 3.8) is 0 Å². The molecule has 0 aliphatic carbocycles. The number of aliphatic carboxylic acids is 1. The molecule has 0 fully saturated rings. The minimum atomic E-state index is -0.910. The van der Waals surface area contributed by atoms with Crippen molar-refractivity contribution in [2.75, 3.05) is 27.2 Å². The quantitative estimate of drug-likeness (QED) is 0.528. The van der Waals surface area contributed by atoms with Gasteiger partial charge in [0.25, 0.3) is 0 Å². The van der Waals surface area contributed by atoms with Crippen LogP contribution in [-0.4, -0.2) is 50.8 Å². The molecule has 0 radical (unpaired) electrons. The molecule has 0 aliphatic heterocycles. The fraction of sp³-hybridized carbons (Fsp3) is 0.917. The highest BCUT2D eigenvalue weighted by atomic mass is 28.3. The molecule has 0 heterocycles. The Morgan fingerprint density at radius 1 is 1.12 bits per heavy atom. The Bertz CT molecular complexity index is 222. The SMILES string of the molecule is C[N+](C)(CCCC(=O)O)CCC[Si](C)(C)C. The van der Waals surface area contributed by atoms with Crippen LogP contribution in [-0.2, 0) is 4.79 Å². The molecule has 0 amide bonds. The van der Waals surface area contributed by atoms with E-state index >= 15 is 0 Å². The van der Waals surface area contributed by atoms with Gasteiger partial charge in [-0.2, -0.15) is 0 Å². The minimum Gasteiger partial charge on any atom is -0.481 e. The molecule has 96 valence electrons. The van der Waals surface area contributed by atoms with E-state index < -0.39 is 14.0 Å². The summed E-state index contributed by atoms with van der Waals surface area (Å²) >= 11 is 0. The van der Waals surface area contributed by atoms with Crippen molar-refractivity contribution in [2.24, 2.45) is 0 Å². The first-order chi connectivity index (χ1) is 7.12. The van der Waals surface area contributed by atoms with Crippen LogP contribution in [0.4, 0.5) is 0 Å². The Morgan fingerprint density at radius 2 is 1.62 bits per heavy atom. The molecule has 4 heteroatoms. The summed E-state index contributed by atoms with van der Waals surface area (Å²) in [6.45, 7) is 9.34. The third kappa shape index (κ3) is 10.2. The highest BCUT2D eigenvalue weighted by Crippen LogP contribution is 2.13. The van der Waals surface area contributed by atoms with Gasteiger partial charge in [0, 0.05) is 14.5 Å². The van der Waals surface area contributed by atoms with E-state index in [1.807, 2.05) is 0 Å². The van der Waals surface area contributed by atoms with E-state index in [9.17, 15) is 4.79 Å². The summed E-state index contributed by atoms with van der Waals surface area (Å²) in [7, 11) is 3.49. The van der Waals surface area contributed by atoms with Crippen LogP contribution in [0.5, 0.6) is 0 Å². The lowest BCUT2D eigenvalue weighted by Crippen LogP contribution is -2.42. The molecule has 16 heavy (non-hydrogen) atoms. The van der Waals surface area contributed by atoms with E-state index in [1.54, 1.807) is 0 Å². The Morgan fingerprint density at radius 3 is 2.06 bits per heavy atom.